The number of aromatic nitrogens is 2. The van der Waals surface area contributed by atoms with Crippen molar-refractivity contribution < 1.29 is 19.4 Å². The molecule has 0 spiro atoms. The number of aliphatic carboxylic acids is 1. The van der Waals surface area contributed by atoms with E-state index in [1.54, 1.807) is 17.9 Å². The van der Waals surface area contributed by atoms with Gasteiger partial charge >= 0.3 is 5.97 Å². The van der Waals surface area contributed by atoms with Crippen LogP contribution in [0, 0.1) is 6.92 Å². The molecule has 1 N–H and O–H groups in total. The van der Waals surface area contributed by atoms with E-state index in [0.29, 0.717) is 15.6 Å². The van der Waals surface area contributed by atoms with Crippen molar-refractivity contribution in [3.63, 3.8) is 0 Å². The minimum absolute atomic E-state index is 0.0130. The number of nitrogens with zero attached hydrogens (tertiary/aromatic N) is 3. The van der Waals surface area contributed by atoms with Gasteiger partial charge in [0.05, 0.1) is 17.7 Å². The van der Waals surface area contributed by atoms with Gasteiger partial charge in [-0.3, -0.25) is 14.5 Å². The van der Waals surface area contributed by atoms with E-state index >= 15 is 0 Å². The molecule has 7 nitrogen and oxygen atoms in total. The fourth-order valence-corrected chi connectivity index (χ4v) is 4.98. The molecule has 0 radical (unpaired) electrons. The third-order valence-corrected chi connectivity index (χ3v) is 6.74. The predicted molar refractivity (Wildman–Crippen MR) is 137 cm³/mol. The van der Waals surface area contributed by atoms with Crippen LogP contribution in [0.4, 0.5) is 0 Å². The van der Waals surface area contributed by atoms with Gasteiger partial charge in [0, 0.05) is 30.3 Å². The summed E-state index contributed by atoms with van der Waals surface area (Å²) < 4.78 is 7.61. The van der Waals surface area contributed by atoms with Gasteiger partial charge in [-0.2, -0.15) is 5.10 Å². The summed E-state index contributed by atoms with van der Waals surface area (Å²) >= 11 is 6.61. The SMILES string of the molecule is COc1ccc(-c2nn(-c3ccccc3)cc2C=C2SC(=S)N(CCCC(=O)O)C2=O)cc1C. The van der Waals surface area contributed by atoms with E-state index < -0.39 is 5.97 Å². The van der Waals surface area contributed by atoms with Crippen LogP contribution < -0.4 is 4.74 Å². The number of aryl methyl sites for hydroxylation is 1. The van der Waals surface area contributed by atoms with Crippen molar-refractivity contribution in [3.05, 3.63) is 70.8 Å². The zero-order valence-electron chi connectivity index (χ0n) is 18.7. The number of methoxy groups -OCH3 is 1. The van der Waals surface area contributed by atoms with E-state index in [0.717, 1.165) is 33.8 Å². The van der Waals surface area contributed by atoms with E-state index in [2.05, 4.69) is 0 Å². The molecule has 2 heterocycles. The third kappa shape index (κ3) is 5.05. The molecule has 0 bridgehead atoms. The number of carbonyl (C=O) groups excluding carboxylic acids is 1. The second-order valence-electron chi connectivity index (χ2n) is 7.73. The molecule has 34 heavy (non-hydrogen) atoms. The molecule has 0 saturated carbocycles. The Morgan fingerprint density at radius 2 is 2.00 bits per heavy atom. The van der Waals surface area contributed by atoms with Gasteiger partial charge in [-0.05, 0) is 55.3 Å². The zero-order chi connectivity index (χ0) is 24.2. The molecule has 1 aliphatic heterocycles. The molecule has 1 saturated heterocycles. The summed E-state index contributed by atoms with van der Waals surface area (Å²) in [7, 11) is 1.63. The van der Waals surface area contributed by atoms with E-state index in [1.807, 2.05) is 61.7 Å². The number of amides is 1. The van der Waals surface area contributed by atoms with Gasteiger partial charge in [-0.25, -0.2) is 4.68 Å². The van der Waals surface area contributed by atoms with Gasteiger partial charge in [-0.15, -0.1) is 0 Å². The first kappa shape index (κ1) is 23.7. The van der Waals surface area contributed by atoms with Crippen LogP contribution in [0.25, 0.3) is 23.0 Å². The highest BCUT2D eigenvalue weighted by Gasteiger charge is 2.32. The molecule has 1 aromatic heterocycles. The van der Waals surface area contributed by atoms with Crippen molar-refractivity contribution in [1.29, 1.82) is 0 Å². The average Bonchev–Trinajstić information content (AvgIpc) is 3.36. The molecular formula is C25H23N3O4S2. The Morgan fingerprint density at radius 3 is 2.68 bits per heavy atom. The molecule has 174 valence electrons. The normalized spacial score (nSPS) is 14.8. The zero-order valence-corrected chi connectivity index (χ0v) is 20.4. The topological polar surface area (TPSA) is 84.7 Å². The summed E-state index contributed by atoms with van der Waals surface area (Å²) in [5.74, 6) is -0.325. The van der Waals surface area contributed by atoms with Crippen LogP contribution in [0.5, 0.6) is 5.75 Å². The first-order valence-corrected chi connectivity index (χ1v) is 11.9. The number of thioether (sulfide) groups is 1. The molecule has 1 amide bonds. The van der Waals surface area contributed by atoms with E-state index in [1.165, 1.54) is 16.7 Å². The Bertz CT molecular complexity index is 1280. The summed E-state index contributed by atoms with van der Waals surface area (Å²) in [6.45, 7) is 2.25. The van der Waals surface area contributed by atoms with Crippen molar-refractivity contribution in [2.75, 3.05) is 13.7 Å². The maximum Gasteiger partial charge on any atom is 0.303 e. The molecule has 4 rings (SSSR count). The molecule has 0 aliphatic carbocycles. The van der Waals surface area contributed by atoms with Crippen molar-refractivity contribution in [3.8, 4) is 22.7 Å². The number of carboxylic acid groups (broad SMARTS) is 1. The molecular weight excluding hydrogens is 470 g/mol. The standard InChI is InChI=1S/C25H23N3O4S2/c1-16-13-17(10-11-20(16)32-2)23-18(15-28(26-23)19-7-4-3-5-8-19)14-21-24(31)27(25(33)34-21)12-6-9-22(29)30/h3-5,7-8,10-11,13-15H,6,9,12H2,1-2H3,(H,29,30). The van der Waals surface area contributed by atoms with Crippen LogP contribution in [0.2, 0.25) is 0 Å². The molecule has 2 aromatic carbocycles. The number of ether oxygens (including phenoxy) is 1. The van der Waals surface area contributed by atoms with Crippen LogP contribution in [0.15, 0.2) is 59.6 Å². The fraction of sp³-hybridized carbons (Fsp3) is 0.200. The number of para-hydroxylation sites is 1. The Labute approximate surface area is 207 Å². The van der Waals surface area contributed by atoms with Crippen molar-refractivity contribution in [2.24, 2.45) is 0 Å². The quantitative estimate of drug-likeness (QED) is 0.352. The van der Waals surface area contributed by atoms with Crippen LogP contribution >= 0.6 is 24.0 Å². The van der Waals surface area contributed by atoms with E-state index in [-0.39, 0.29) is 18.9 Å². The van der Waals surface area contributed by atoms with Gasteiger partial charge in [0.2, 0.25) is 0 Å². The largest absolute Gasteiger partial charge is 0.496 e. The highest BCUT2D eigenvalue weighted by molar-refractivity contribution is 8.26. The lowest BCUT2D eigenvalue weighted by molar-refractivity contribution is -0.137. The van der Waals surface area contributed by atoms with Crippen molar-refractivity contribution >= 4 is 46.3 Å². The maximum atomic E-state index is 13.0. The average molecular weight is 494 g/mol. The first-order chi connectivity index (χ1) is 16.4. The van der Waals surface area contributed by atoms with Gasteiger partial charge in [-0.1, -0.05) is 42.2 Å². The number of carboxylic acids is 1. The van der Waals surface area contributed by atoms with Gasteiger partial charge in [0.25, 0.3) is 5.91 Å². The van der Waals surface area contributed by atoms with Crippen LogP contribution in [-0.4, -0.2) is 49.6 Å². The fourth-order valence-electron chi connectivity index (χ4n) is 3.68. The smallest absolute Gasteiger partial charge is 0.303 e. The molecule has 0 unspecified atom stereocenters. The minimum Gasteiger partial charge on any atom is -0.496 e. The molecule has 1 aliphatic rings. The highest BCUT2D eigenvalue weighted by Crippen LogP contribution is 2.35. The van der Waals surface area contributed by atoms with Gasteiger partial charge < -0.3 is 9.84 Å². The highest BCUT2D eigenvalue weighted by atomic mass is 32.2. The number of hydrogen-bond donors (Lipinski definition) is 1. The number of thiocarbonyl (C=S) groups is 1. The lowest BCUT2D eigenvalue weighted by Crippen LogP contribution is -2.29. The molecule has 1 fully saturated rings. The number of rotatable bonds is 8. The monoisotopic (exact) mass is 493 g/mol. The second-order valence-corrected chi connectivity index (χ2v) is 9.40. The summed E-state index contributed by atoms with van der Waals surface area (Å²) in [6.07, 6.45) is 4.03. The molecule has 9 heteroatoms. The number of hydrogen-bond acceptors (Lipinski definition) is 6. The van der Waals surface area contributed by atoms with Crippen LogP contribution in [-0.2, 0) is 9.59 Å². The molecule has 0 atom stereocenters. The first-order valence-electron chi connectivity index (χ1n) is 10.6. The number of benzene rings is 2. The van der Waals surface area contributed by atoms with Crippen LogP contribution in [0.3, 0.4) is 0 Å². The van der Waals surface area contributed by atoms with Gasteiger partial charge in [0.1, 0.15) is 15.8 Å². The Hall–Kier alpha value is -3.43. The lowest BCUT2D eigenvalue weighted by Gasteiger charge is -2.13. The van der Waals surface area contributed by atoms with Crippen LogP contribution in [0.1, 0.15) is 24.0 Å². The summed E-state index contributed by atoms with van der Waals surface area (Å²) in [6, 6.07) is 15.6. The van der Waals surface area contributed by atoms with Gasteiger partial charge in [0.15, 0.2) is 0 Å². The Morgan fingerprint density at radius 1 is 1.24 bits per heavy atom. The Kier molecular flexibility index (Phi) is 7.14. The van der Waals surface area contributed by atoms with E-state index in [4.69, 9.17) is 27.2 Å². The number of carbonyl (C=O) groups is 2. The summed E-state index contributed by atoms with van der Waals surface area (Å²) in [5.41, 5.74) is 4.28. The van der Waals surface area contributed by atoms with Crippen molar-refractivity contribution in [2.45, 2.75) is 19.8 Å². The summed E-state index contributed by atoms with van der Waals surface area (Å²) in [4.78, 5) is 25.8. The Balaban J connectivity index is 1.72. The summed E-state index contributed by atoms with van der Waals surface area (Å²) in [5, 5.41) is 13.7. The minimum atomic E-state index is -0.895. The second kappa shape index (κ2) is 10.2. The van der Waals surface area contributed by atoms with E-state index in [9.17, 15) is 9.59 Å². The maximum absolute atomic E-state index is 13.0. The van der Waals surface area contributed by atoms with Crippen molar-refractivity contribution in [1.82, 2.24) is 14.7 Å². The predicted octanol–water partition coefficient (Wildman–Crippen LogP) is 4.92. The molecule has 3 aromatic rings. The lowest BCUT2D eigenvalue weighted by atomic mass is 10.0. The third-order valence-electron chi connectivity index (χ3n) is 5.36.